The smallest absolute Gasteiger partial charge is 0.307 e. The molecule has 1 aromatic heterocycles. The molecule has 4 nitrogen and oxygen atoms in total. The first kappa shape index (κ1) is 13.7. The first-order valence-corrected chi connectivity index (χ1v) is 4.63. The maximum Gasteiger partial charge on any atom is 0.307 e. The Labute approximate surface area is 95.5 Å². The number of anilines is 1. The lowest BCUT2D eigenvalue weighted by Crippen LogP contribution is -2.11. The third kappa shape index (κ3) is 5.91. The fraction of sp³-hybridized carbons (Fsp3) is 0.400. The van der Waals surface area contributed by atoms with Crippen LogP contribution in [0.25, 0.3) is 0 Å². The number of nitrogens with zero attached hydrogens (tertiary/aromatic N) is 1. The van der Waals surface area contributed by atoms with Gasteiger partial charge in [-0.2, -0.15) is 0 Å². The third-order valence-electron chi connectivity index (χ3n) is 1.61. The van der Waals surface area contributed by atoms with Crippen molar-refractivity contribution in [3.63, 3.8) is 0 Å². The summed E-state index contributed by atoms with van der Waals surface area (Å²) in [5.41, 5.74) is 0. The highest BCUT2D eigenvalue weighted by Gasteiger charge is 2.00. The monoisotopic (exact) mass is 230 g/mol. The molecular formula is C10H15ClN2O2. The Morgan fingerprint density at radius 2 is 2.33 bits per heavy atom. The molecule has 0 aliphatic rings. The molecule has 1 N–H and O–H groups in total. The van der Waals surface area contributed by atoms with Crippen LogP contribution in [0.3, 0.4) is 0 Å². The Bertz CT molecular complexity index is 280. The minimum atomic E-state index is -0.184. The van der Waals surface area contributed by atoms with Gasteiger partial charge in [0.1, 0.15) is 5.82 Å². The Morgan fingerprint density at radius 3 is 2.93 bits per heavy atom. The predicted molar refractivity (Wildman–Crippen MR) is 61.2 cm³/mol. The van der Waals surface area contributed by atoms with E-state index in [4.69, 9.17) is 4.74 Å². The molecule has 0 radical (unpaired) electrons. The first-order chi connectivity index (χ1) is 6.83. The van der Waals surface area contributed by atoms with E-state index in [1.807, 2.05) is 18.2 Å². The van der Waals surface area contributed by atoms with Gasteiger partial charge < -0.3 is 10.1 Å². The number of esters is 1. The van der Waals surface area contributed by atoms with Gasteiger partial charge in [-0.25, -0.2) is 4.98 Å². The molecule has 84 valence electrons. The lowest BCUT2D eigenvalue weighted by Gasteiger charge is -2.04. The highest BCUT2D eigenvalue weighted by Crippen LogP contribution is 1.99. The van der Waals surface area contributed by atoms with Crippen LogP contribution in [0.5, 0.6) is 0 Å². The maximum atomic E-state index is 11.0. The standard InChI is InChI=1S/C10H14N2O2.ClH/c1-2-14-10(13)6-8-12-9-5-3-4-7-11-9;/h3-5,7H,2,6,8H2,1H3,(H,11,12);1H. The molecule has 0 saturated carbocycles. The molecule has 0 amide bonds. The van der Waals surface area contributed by atoms with Crippen molar-refractivity contribution in [3.05, 3.63) is 24.4 Å². The Kier molecular flexibility index (Phi) is 7.36. The van der Waals surface area contributed by atoms with Gasteiger partial charge in [-0.1, -0.05) is 6.07 Å². The summed E-state index contributed by atoms with van der Waals surface area (Å²) in [5, 5.41) is 3.02. The number of hydrogen-bond donors (Lipinski definition) is 1. The van der Waals surface area contributed by atoms with E-state index in [1.54, 1.807) is 13.1 Å². The summed E-state index contributed by atoms with van der Waals surface area (Å²) in [6.07, 6.45) is 2.07. The summed E-state index contributed by atoms with van der Waals surface area (Å²) in [6, 6.07) is 5.58. The quantitative estimate of drug-likeness (QED) is 0.785. The second kappa shape index (κ2) is 8.05. The maximum absolute atomic E-state index is 11.0. The van der Waals surface area contributed by atoms with E-state index >= 15 is 0 Å². The van der Waals surface area contributed by atoms with Gasteiger partial charge in [0.15, 0.2) is 0 Å². The zero-order chi connectivity index (χ0) is 10.2. The number of ether oxygens (including phenoxy) is 1. The second-order valence-corrected chi connectivity index (χ2v) is 2.70. The molecule has 0 atom stereocenters. The number of nitrogens with one attached hydrogen (secondary N) is 1. The highest BCUT2D eigenvalue weighted by atomic mass is 35.5. The van der Waals surface area contributed by atoms with Crippen molar-refractivity contribution >= 4 is 24.2 Å². The molecule has 0 spiro atoms. The van der Waals surface area contributed by atoms with Crippen LogP contribution < -0.4 is 5.32 Å². The van der Waals surface area contributed by atoms with Crippen molar-refractivity contribution in [1.82, 2.24) is 4.98 Å². The molecule has 0 aliphatic heterocycles. The van der Waals surface area contributed by atoms with Crippen LogP contribution in [0.4, 0.5) is 5.82 Å². The van der Waals surface area contributed by atoms with Gasteiger partial charge >= 0.3 is 5.97 Å². The van der Waals surface area contributed by atoms with Crippen molar-refractivity contribution < 1.29 is 9.53 Å². The van der Waals surface area contributed by atoms with Crippen LogP contribution in [-0.2, 0) is 9.53 Å². The molecule has 1 heterocycles. The molecule has 0 bridgehead atoms. The van der Waals surface area contributed by atoms with Crippen LogP contribution in [0.15, 0.2) is 24.4 Å². The minimum Gasteiger partial charge on any atom is -0.466 e. The fourth-order valence-electron chi connectivity index (χ4n) is 0.993. The van der Waals surface area contributed by atoms with E-state index in [2.05, 4.69) is 10.3 Å². The topological polar surface area (TPSA) is 51.2 Å². The van der Waals surface area contributed by atoms with Gasteiger partial charge in [0.2, 0.25) is 0 Å². The summed E-state index contributed by atoms with van der Waals surface area (Å²) in [5.74, 6) is 0.590. The first-order valence-electron chi connectivity index (χ1n) is 4.63. The van der Waals surface area contributed by atoms with Gasteiger partial charge in [-0.05, 0) is 19.1 Å². The number of pyridine rings is 1. The SMILES string of the molecule is CCOC(=O)CCNc1ccccn1.Cl. The molecule has 0 saturated heterocycles. The minimum absolute atomic E-state index is 0. The zero-order valence-electron chi connectivity index (χ0n) is 8.60. The lowest BCUT2D eigenvalue weighted by atomic mass is 10.4. The number of hydrogen-bond acceptors (Lipinski definition) is 4. The van der Waals surface area contributed by atoms with Crippen molar-refractivity contribution in [2.24, 2.45) is 0 Å². The summed E-state index contributed by atoms with van der Waals surface area (Å²) in [6.45, 7) is 2.78. The number of halogens is 1. The van der Waals surface area contributed by atoms with Crippen LogP contribution in [0.2, 0.25) is 0 Å². The number of rotatable bonds is 5. The van der Waals surface area contributed by atoms with Gasteiger partial charge in [0, 0.05) is 12.7 Å². The van der Waals surface area contributed by atoms with Crippen molar-refractivity contribution in [2.45, 2.75) is 13.3 Å². The van der Waals surface area contributed by atoms with E-state index < -0.39 is 0 Å². The van der Waals surface area contributed by atoms with E-state index in [-0.39, 0.29) is 18.4 Å². The normalized spacial score (nSPS) is 8.87. The van der Waals surface area contributed by atoms with Gasteiger partial charge in [0.25, 0.3) is 0 Å². The molecular weight excluding hydrogens is 216 g/mol. The van der Waals surface area contributed by atoms with Gasteiger partial charge in [0.05, 0.1) is 13.0 Å². The van der Waals surface area contributed by atoms with Gasteiger partial charge in [-0.3, -0.25) is 4.79 Å². The Morgan fingerprint density at radius 1 is 1.53 bits per heavy atom. The lowest BCUT2D eigenvalue weighted by molar-refractivity contribution is -0.142. The zero-order valence-corrected chi connectivity index (χ0v) is 9.42. The average molecular weight is 231 g/mol. The molecule has 1 aromatic rings. The summed E-state index contributed by atoms with van der Waals surface area (Å²) in [7, 11) is 0. The van der Waals surface area contributed by atoms with E-state index in [1.165, 1.54) is 0 Å². The number of carbonyl (C=O) groups excluding carboxylic acids is 1. The summed E-state index contributed by atoms with van der Waals surface area (Å²) in [4.78, 5) is 15.0. The van der Waals surface area contributed by atoms with Crippen molar-refractivity contribution in [1.29, 1.82) is 0 Å². The van der Waals surface area contributed by atoms with E-state index in [9.17, 15) is 4.79 Å². The Hall–Kier alpha value is -1.29. The average Bonchev–Trinajstić information content (AvgIpc) is 2.20. The molecule has 1 rings (SSSR count). The Balaban J connectivity index is 0.00000196. The van der Waals surface area contributed by atoms with Crippen LogP contribution in [0.1, 0.15) is 13.3 Å². The number of aromatic nitrogens is 1. The fourth-order valence-corrected chi connectivity index (χ4v) is 0.993. The molecule has 5 heteroatoms. The summed E-state index contributed by atoms with van der Waals surface area (Å²) >= 11 is 0. The molecule has 0 unspecified atom stereocenters. The van der Waals surface area contributed by atoms with Crippen LogP contribution >= 0.6 is 12.4 Å². The number of carbonyl (C=O) groups is 1. The van der Waals surface area contributed by atoms with Crippen molar-refractivity contribution in [3.8, 4) is 0 Å². The van der Waals surface area contributed by atoms with Gasteiger partial charge in [-0.15, -0.1) is 12.4 Å². The van der Waals surface area contributed by atoms with E-state index in [0.717, 1.165) is 5.82 Å². The van der Waals surface area contributed by atoms with Crippen molar-refractivity contribution in [2.75, 3.05) is 18.5 Å². The third-order valence-corrected chi connectivity index (χ3v) is 1.61. The highest BCUT2D eigenvalue weighted by molar-refractivity contribution is 5.85. The molecule has 15 heavy (non-hydrogen) atoms. The van der Waals surface area contributed by atoms with Crippen LogP contribution in [0, 0.1) is 0 Å². The van der Waals surface area contributed by atoms with Crippen LogP contribution in [-0.4, -0.2) is 24.1 Å². The second-order valence-electron chi connectivity index (χ2n) is 2.70. The molecule has 0 aromatic carbocycles. The predicted octanol–water partition coefficient (Wildman–Crippen LogP) is 1.87. The molecule has 0 aliphatic carbocycles. The summed E-state index contributed by atoms with van der Waals surface area (Å²) < 4.78 is 4.78. The largest absolute Gasteiger partial charge is 0.466 e. The van der Waals surface area contributed by atoms with E-state index in [0.29, 0.717) is 19.6 Å². The molecule has 0 fully saturated rings.